The number of rotatable bonds is 5. The van der Waals surface area contributed by atoms with Crippen molar-refractivity contribution in [2.75, 3.05) is 19.6 Å². The molecule has 4 nitrogen and oxygen atoms in total. The number of likely N-dealkylation sites (tertiary alicyclic amines) is 1. The van der Waals surface area contributed by atoms with E-state index in [1.807, 2.05) is 6.92 Å². The highest BCUT2D eigenvalue weighted by Gasteiger charge is 2.28. The molecule has 0 aliphatic carbocycles. The average molecular weight is 281 g/mol. The van der Waals surface area contributed by atoms with Gasteiger partial charge in [0, 0.05) is 13.1 Å². The number of aliphatic hydroxyl groups is 1. The highest BCUT2D eigenvalue weighted by atomic mass is 19.1. The van der Waals surface area contributed by atoms with Crippen molar-refractivity contribution in [3.05, 3.63) is 29.8 Å². The van der Waals surface area contributed by atoms with Crippen LogP contribution in [0.5, 0.6) is 0 Å². The van der Waals surface area contributed by atoms with E-state index in [4.69, 9.17) is 5.73 Å². The van der Waals surface area contributed by atoms with Gasteiger partial charge < -0.3 is 15.7 Å². The zero-order valence-electron chi connectivity index (χ0n) is 12.2. The summed E-state index contributed by atoms with van der Waals surface area (Å²) < 4.78 is 12.9. The number of halogens is 1. The van der Waals surface area contributed by atoms with Crippen molar-refractivity contribution < 1.29 is 9.50 Å². The largest absolute Gasteiger partial charge is 0.393 e. The fourth-order valence-corrected chi connectivity index (χ4v) is 2.82. The zero-order valence-corrected chi connectivity index (χ0v) is 12.2. The van der Waals surface area contributed by atoms with Crippen LogP contribution in [0, 0.1) is 17.7 Å². The average Bonchev–Trinajstić information content (AvgIpc) is 2.87. The molecule has 1 aromatic heterocycles. The van der Waals surface area contributed by atoms with Gasteiger partial charge in [-0.1, -0.05) is 6.92 Å². The minimum Gasteiger partial charge on any atom is -0.393 e. The third-order valence-electron chi connectivity index (χ3n) is 4.24. The number of pyridine rings is 1. The lowest BCUT2D eigenvalue weighted by atomic mass is 9.98. The van der Waals surface area contributed by atoms with Gasteiger partial charge in [0.2, 0.25) is 0 Å². The van der Waals surface area contributed by atoms with Gasteiger partial charge in [-0.25, -0.2) is 4.39 Å². The highest BCUT2D eigenvalue weighted by molar-refractivity contribution is 5.10. The van der Waals surface area contributed by atoms with Crippen LogP contribution in [0.2, 0.25) is 0 Å². The van der Waals surface area contributed by atoms with E-state index in [1.165, 1.54) is 12.3 Å². The van der Waals surface area contributed by atoms with Gasteiger partial charge in [-0.2, -0.15) is 0 Å². The summed E-state index contributed by atoms with van der Waals surface area (Å²) in [4.78, 5) is 6.40. The minimum absolute atomic E-state index is 0.193. The first kappa shape index (κ1) is 15.4. The molecule has 4 atom stereocenters. The van der Waals surface area contributed by atoms with E-state index >= 15 is 0 Å². The molecule has 2 heterocycles. The molecule has 0 spiro atoms. The fraction of sp³-hybridized carbons (Fsp3) is 0.667. The number of aromatic nitrogens is 1. The molecular weight excluding hydrogens is 257 g/mol. The van der Waals surface area contributed by atoms with Crippen molar-refractivity contribution in [2.24, 2.45) is 17.6 Å². The predicted octanol–water partition coefficient (Wildman–Crippen LogP) is 1.56. The standard InChI is InChI=1S/C15H24FN3O/c1-10(8-19-6-5-12(9-19)11(2)20)15(17)14-4-3-13(16)7-18-14/h3-4,7,10-12,15,20H,5-6,8-9,17H2,1-2H3. The lowest BCUT2D eigenvalue weighted by molar-refractivity contribution is 0.125. The minimum atomic E-state index is -0.340. The molecule has 0 radical (unpaired) electrons. The molecule has 3 N–H and O–H groups in total. The van der Waals surface area contributed by atoms with Gasteiger partial charge in [-0.05, 0) is 43.9 Å². The number of nitrogens with two attached hydrogens (primary N) is 1. The molecule has 0 bridgehead atoms. The lowest BCUT2D eigenvalue weighted by Crippen LogP contribution is -2.33. The van der Waals surface area contributed by atoms with Crippen LogP contribution >= 0.6 is 0 Å². The summed E-state index contributed by atoms with van der Waals surface area (Å²) in [7, 11) is 0. The molecule has 1 aliphatic heterocycles. The summed E-state index contributed by atoms with van der Waals surface area (Å²) in [6.45, 7) is 6.75. The van der Waals surface area contributed by atoms with Gasteiger partial charge in [-0.15, -0.1) is 0 Å². The third-order valence-corrected chi connectivity index (χ3v) is 4.24. The van der Waals surface area contributed by atoms with Gasteiger partial charge in [0.25, 0.3) is 0 Å². The Balaban J connectivity index is 1.88. The van der Waals surface area contributed by atoms with Crippen LogP contribution < -0.4 is 5.73 Å². The summed E-state index contributed by atoms with van der Waals surface area (Å²) in [5.41, 5.74) is 6.93. The maximum absolute atomic E-state index is 12.9. The highest BCUT2D eigenvalue weighted by Crippen LogP contribution is 2.24. The molecule has 2 rings (SSSR count). The summed E-state index contributed by atoms with van der Waals surface area (Å²) >= 11 is 0. The van der Waals surface area contributed by atoms with Crippen molar-refractivity contribution in [2.45, 2.75) is 32.4 Å². The Labute approximate surface area is 119 Å². The second-order valence-corrected chi connectivity index (χ2v) is 5.95. The lowest BCUT2D eigenvalue weighted by Gasteiger charge is -2.25. The van der Waals surface area contributed by atoms with Crippen molar-refractivity contribution >= 4 is 0 Å². The van der Waals surface area contributed by atoms with Gasteiger partial charge in [0.05, 0.1) is 24.0 Å². The van der Waals surface area contributed by atoms with Crippen LogP contribution in [0.1, 0.15) is 32.0 Å². The molecule has 4 unspecified atom stereocenters. The molecule has 1 saturated heterocycles. The summed E-state index contributed by atoms with van der Waals surface area (Å²) in [5, 5.41) is 9.62. The second kappa shape index (κ2) is 6.61. The Morgan fingerprint density at radius 3 is 2.80 bits per heavy atom. The first-order chi connectivity index (χ1) is 9.47. The molecule has 20 heavy (non-hydrogen) atoms. The molecular formula is C15H24FN3O. The predicted molar refractivity (Wildman–Crippen MR) is 76.5 cm³/mol. The van der Waals surface area contributed by atoms with Gasteiger partial charge in [-0.3, -0.25) is 4.98 Å². The molecule has 1 aromatic rings. The Bertz CT molecular complexity index is 424. The quantitative estimate of drug-likeness (QED) is 0.860. The van der Waals surface area contributed by atoms with Crippen LogP contribution in [0.15, 0.2) is 18.3 Å². The van der Waals surface area contributed by atoms with Crippen molar-refractivity contribution in [3.8, 4) is 0 Å². The van der Waals surface area contributed by atoms with Crippen LogP contribution in [-0.2, 0) is 0 Å². The Morgan fingerprint density at radius 1 is 1.50 bits per heavy atom. The third kappa shape index (κ3) is 3.75. The van der Waals surface area contributed by atoms with E-state index in [9.17, 15) is 9.50 Å². The van der Waals surface area contributed by atoms with Crippen LogP contribution in [-0.4, -0.2) is 40.7 Å². The summed E-state index contributed by atoms with van der Waals surface area (Å²) in [6.07, 6.45) is 2.00. The van der Waals surface area contributed by atoms with E-state index in [0.717, 1.165) is 31.7 Å². The zero-order chi connectivity index (χ0) is 14.7. The smallest absolute Gasteiger partial charge is 0.141 e. The normalized spacial score (nSPS) is 24.6. The topological polar surface area (TPSA) is 62.4 Å². The van der Waals surface area contributed by atoms with Crippen LogP contribution in [0.4, 0.5) is 4.39 Å². The molecule has 0 aromatic carbocycles. The molecule has 112 valence electrons. The van der Waals surface area contributed by atoms with E-state index < -0.39 is 0 Å². The van der Waals surface area contributed by atoms with Gasteiger partial charge in [0.1, 0.15) is 5.82 Å². The SMILES string of the molecule is CC(O)C1CCN(CC(C)C(N)c2ccc(F)cn2)C1. The van der Waals surface area contributed by atoms with E-state index in [1.54, 1.807) is 6.07 Å². The van der Waals surface area contributed by atoms with Crippen LogP contribution in [0.25, 0.3) is 0 Å². The molecule has 1 aliphatic rings. The maximum atomic E-state index is 12.9. The van der Waals surface area contributed by atoms with E-state index in [2.05, 4.69) is 16.8 Å². The van der Waals surface area contributed by atoms with Crippen molar-refractivity contribution in [1.29, 1.82) is 0 Å². The second-order valence-electron chi connectivity index (χ2n) is 5.95. The Morgan fingerprint density at radius 2 is 2.25 bits per heavy atom. The molecule has 1 fully saturated rings. The van der Waals surface area contributed by atoms with Crippen molar-refractivity contribution in [1.82, 2.24) is 9.88 Å². The molecule has 5 heteroatoms. The number of hydrogen-bond acceptors (Lipinski definition) is 4. The number of hydrogen-bond donors (Lipinski definition) is 2. The van der Waals surface area contributed by atoms with E-state index in [0.29, 0.717) is 5.92 Å². The molecule has 0 amide bonds. The number of nitrogens with zero attached hydrogens (tertiary/aromatic N) is 2. The van der Waals surface area contributed by atoms with Gasteiger partial charge in [0.15, 0.2) is 0 Å². The fourth-order valence-electron chi connectivity index (χ4n) is 2.82. The molecule has 0 saturated carbocycles. The summed E-state index contributed by atoms with van der Waals surface area (Å²) in [6, 6.07) is 2.86. The van der Waals surface area contributed by atoms with Crippen molar-refractivity contribution in [3.63, 3.8) is 0 Å². The number of aliphatic hydroxyl groups excluding tert-OH is 1. The first-order valence-electron chi connectivity index (χ1n) is 7.25. The monoisotopic (exact) mass is 281 g/mol. The first-order valence-corrected chi connectivity index (χ1v) is 7.25. The van der Waals surface area contributed by atoms with Crippen LogP contribution in [0.3, 0.4) is 0 Å². The summed E-state index contributed by atoms with van der Waals surface area (Å²) in [5.74, 6) is 0.260. The van der Waals surface area contributed by atoms with Gasteiger partial charge >= 0.3 is 0 Å². The Kier molecular flexibility index (Phi) is 5.07. The van der Waals surface area contributed by atoms with E-state index in [-0.39, 0.29) is 23.9 Å². The Hall–Kier alpha value is -1.04. The maximum Gasteiger partial charge on any atom is 0.141 e.